The topological polar surface area (TPSA) is 77.8 Å². The van der Waals surface area contributed by atoms with Gasteiger partial charge in [0, 0.05) is 11.6 Å². The van der Waals surface area contributed by atoms with E-state index in [1.807, 2.05) is 24.3 Å². The second-order valence-electron chi connectivity index (χ2n) is 5.36. The first-order chi connectivity index (χ1) is 10.7. The van der Waals surface area contributed by atoms with Crippen molar-refractivity contribution in [3.63, 3.8) is 0 Å². The van der Waals surface area contributed by atoms with Crippen LogP contribution in [0.25, 0.3) is 0 Å². The van der Waals surface area contributed by atoms with Gasteiger partial charge in [-0.05, 0) is 49.2 Å². The second-order valence-corrected chi connectivity index (χ2v) is 5.36. The first-order valence-electron chi connectivity index (χ1n) is 7.29. The SMILES string of the molecule is N#Cc1ccc(Nc2ccc(NC(=O)C3CCC3)cn2)cc1. The molecule has 0 aliphatic heterocycles. The number of carbonyl (C=O) groups is 1. The molecular formula is C17H16N4O. The molecule has 5 heteroatoms. The monoisotopic (exact) mass is 292 g/mol. The lowest BCUT2D eigenvalue weighted by Crippen LogP contribution is -2.28. The van der Waals surface area contributed by atoms with Crippen LogP contribution in [0.3, 0.4) is 0 Å². The van der Waals surface area contributed by atoms with Gasteiger partial charge in [-0.15, -0.1) is 0 Å². The maximum Gasteiger partial charge on any atom is 0.227 e. The molecule has 3 rings (SSSR count). The van der Waals surface area contributed by atoms with Crippen LogP contribution in [0.2, 0.25) is 0 Å². The molecule has 1 aliphatic carbocycles. The van der Waals surface area contributed by atoms with Crippen molar-refractivity contribution in [3.05, 3.63) is 48.2 Å². The van der Waals surface area contributed by atoms with Crippen LogP contribution in [0.15, 0.2) is 42.6 Å². The van der Waals surface area contributed by atoms with Gasteiger partial charge in [-0.1, -0.05) is 6.42 Å². The van der Waals surface area contributed by atoms with Gasteiger partial charge >= 0.3 is 0 Å². The summed E-state index contributed by atoms with van der Waals surface area (Å²) in [5.74, 6) is 0.934. The van der Waals surface area contributed by atoms with Gasteiger partial charge in [-0.2, -0.15) is 5.26 Å². The van der Waals surface area contributed by atoms with Crippen molar-refractivity contribution in [1.29, 1.82) is 5.26 Å². The highest BCUT2D eigenvalue weighted by molar-refractivity contribution is 5.92. The molecule has 0 bridgehead atoms. The molecule has 1 aromatic heterocycles. The van der Waals surface area contributed by atoms with Gasteiger partial charge < -0.3 is 10.6 Å². The van der Waals surface area contributed by atoms with Crippen molar-refractivity contribution in [2.75, 3.05) is 10.6 Å². The maximum atomic E-state index is 11.9. The third-order valence-corrected chi connectivity index (χ3v) is 3.79. The summed E-state index contributed by atoms with van der Waals surface area (Å²) in [5, 5.41) is 14.8. The largest absolute Gasteiger partial charge is 0.340 e. The van der Waals surface area contributed by atoms with Crippen molar-refractivity contribution in [2.24, 2.45) is 5.92 Å². The van der Waals surface area contributed by atoms with Crippen LogP contribution in [0.1, 0.15) is 24.8 Å². The third-order valence-electron chi connectivity index (χ3n) is 3.79. The number of hydrogen-bond acceptors (Lipinski definition) is 4. The Morgan fingerprint density at radius 3 is 2.41 bits per heavy atom. The Hall–Kier alpha value is -2.87. The van der Waals surface area contributed by atoms with E-state index in [1.165, 1.54) is 0 Å². The summed E-state index contributed by atoms with van der Waals surface area (Å²) in [7, 11) is 0. The summed E-state index contributed by atoms with van der Waals surface area (Å²) in [6.45, 7) is 0. The fourth-order valence-electron chi connectivity index (χ4n) is 2.23. The summed E-state index contributed by atoms with van der Waals surface area (Å²) in [6, 6.07) is 12.9. The average Bonchev–Trinajstić information content (AvgIpc) is 2.48. The zero-order valence-electron chi connectivity index (χ0n) is 12.0. The Morgan fingerprint density at radius 2 is 1.86 bits per heavy atom. The second kappa shape index (κ2) is 6.27. The molecule has 22 heavy (non-hydrogen) atoms. The zero-order valence-corrected chi connectivity index (χ0v) is 12.0. The molecule has 0 saturated heterocycles. The minimum absolute atomic E-state index is 0.0841. The Bertz CT molecular complexity index is 697. The molecule has 1 aromatic carbocycles. The van der Waals surface area contributed by atoms with Crippen LogP contribution in [0.5, 0.6) is 0 Å². The number of aromatic nitrogens is 1. The number of benzene rings is 1. The normalized spacial score (nSPS) is 13.8. The minimum atomic E-state index is 0.0841. The fraction of sp³-hybridized carbons (Fsp3) is 0.235. The quantitative estimate of drug-likeness (QED) is 0.905. The van der Waals surface area contributed by atoms with E-state index in [-0.39, 0.29) is 11.8 Å². The number of carbonyl (C=O) groups excluding carboxylic acids is 1. The molecule has 0 radical (unpaired) electrons. The molecule has 5 nitrogen and oxygen atoms in total. The van der Waals surface area contributed by atoms with Crippen LogP contribution in [-0.4, -0.2) is 10.9 Å². The molecule has 2 N–H and O–H groups in total. The van der Waals surface area contributed by atoms with Crippen molar-refractivity contribution < 1.29 is 4.79 Å². The first kappa shape index (κ1) is 14.1. The molecule has 0 spiro atoms. The number of anilines is 3. The summed E-state index contributed by atoms with van der Waals surface area (Å²) in [5.41, 5.74) is 2.19. The van der Waals surface area contributed by atoms with Gasteiger partial charge in [0.2, 0.25) is 5.91 Å². The van der Waals surface area contributed by atoms with Crippen LogP contribution < -0.4 is 10.6 Å². The van der Waals surface area contributed by atoms with E-state index in [0.717, 1.165) is 24.9 Å². The zero-order chi connectivity index (χ0) is 15.4. The van der Waals surface area contributed by atoms with Gasteiger partial charge in [-0.3, -0.25) is 4.79 Å². The van der Waals surface area contributed by atoms with Gasteiger partial charge in [-0.25, -0.2) is 4.98 Å². The van der Waals surface area contributed by atoms with Crippen molar-refractivity contribution in [1.82, 2.24) is 4.98 Å². The highest BCUT2D eigenvalue weighted by atomic mass is 16.1. The fourth-order valence-corrected chi connectivity index (χ4v) is 2.23. The summed E-state index contributed by atoms with van der Waals surface area (Å²) < 4.78 is 0. The van der Waals surface area contributed by atoms with Crippen LogP contribution in [0, 0.1) is 17.2 Å². The van der Waals surface area contributed by atoms with E-state index in [2.05, 4.69) is 21.7 Å². The average molecular weight is 292 g/mol. The van der Waals surface area contributed by atoms with Crippen LogP contribution >= 0.6 is 0 Å². The standard InChI is InChI=1S/C17H16N4O/c18-10-12-4-6-14(7-5-12)20-16-9-8-15(11-19-16)21-17(22)13-2-1-3-13/h4-9,11,13H,1-3H2,(H,19,20)(H,21,22). The third kappa shape index (κ3) is 3.23. The molecule has 2 aromatic rings. The van der Waals surface area contributed by atoms with Crippen molar-refractivity contribution in [3.8, 4) is 6.07 Å². The molecule has 1 aliphatic rings. The Kier molecular flexibility index (Phi) is 4.01. The minimum Gasteiger partial charge on any atom is -0.340 e. The van der Waals surface area contributed by atoms with Gasteiger partial charge in [0.25, 0.3) is 0 Å². The van der Waals surface area contributed by atoms with Crippen molar-refractivity contribution >= 4 is 23.1 Å². The summed E-state index contributed by atoms with van der Waals surface area (Å²) >= 11 is 0. The van der Waals surface area contributed by atoms with E-state index >= 15 is 0 Å². The molecule has 1 saturated carbocycles. The van der Waals surface area contributed by atoms with Crippen molar-refractivity contribution in [2.45, 2.75) is 19.3 Å². The lowest BCUT2D eigenvalue weighted by Gasteiger charge is -2.23. The maximum absolute atomic E-state index is 11.9. The van der Waals surface area contributed by atoms with Crippen LogP contribution in [-0.2, 0) is 4.79 Å². The summed E-state index contributed by atoms with van der Waals surface area (Å²) in [6.07, 6.45) is 4.75. The number of nitriles is 1. The number of rotatable bonds is 4. The molecule has 1 fully saturated rings. The molecule has 0 unspecified atom stereocenters. The predicted molar refractivity (Wildman–Crippen MR) is 84.6 cm³/mol. The number of nitrogens with one attached hydrogen (secondary N) is 2. The molecule has 110 valence electrons. The smallest absolute Gasteiger partial charge is 0.227 e. The lowest BCUT2D eigenvalue weighted by atomic mass is 9.85. The first-order valence-corrected chi connectivity index (χ1v) is 7.29. The van der Waals surface area contributed by atoms with E-state index in [1.54, 1.807) is 18.3 Å². The van der Waals surface area contributed by atoms with Gasteiger partial charge in [0.15, 0.2) is 0 Å². The highest BCUT2D eigenvalue weighted by Gasteiger charge is 2.25. The predicted octanol–water partition coefficient (Wildman–Crippen LogP) is 3.44. The Labute approximate surface area is 129 Å². The van der Waals surface area contributed by atoms with E-state index in [4.69, 9.17) is 5.26 Å². The number of hydrogen-bond donors (Lipinski definition) is 2. The molecule has 0 atom stereocenters. The number of amides is 1. The van der Waals surface area contributed by atoms with E-state index in [0.29, 0.717) is 17.1 Å². The Balaban J connectivity index is 1.60. The van der Waals surface area contributed by atoms with Gasteiger partial charge in [0.1, 0.15) is 5.82 Å². The highest BCUT2D eigenvalue weighted by Crippen LogP contribution is 2.27. The molecule has 1 amide bonds. The summed E-state index contributed by atoms with van der Waals surface area (Å²) in [4.78, 5) is 16.1. The number of nitrogens with zero attached hydrogens (tertiary/aromatic N) is 2. The van der Waals surface area contributed by atoms with E-state index in [9.17, 15) is 4.79 Å². The van der Waals surface area contributed by atoms with Gasteiger partial charge in [0.05, 0.1) is 23.5 Å². The molecule has 1 heterocycles. The lowest BCUT2D eigenvalue weighted by molar-refractivity contribution is -0.122. The van der Waals surface area contributed by atoms with E-state index < -0.39 is 0 Å². The number of pyridine rings is 1. The Morgan fingerprint density at radius 1 is 1.14 bits per heavy atom. The molecular weight excluding hydrogens is 276 g/mol. The van der Waals surface area contributed by atoms with Crippen LogP contribution in [0.4, 0.5) is 17.2 Å².